The van der Waals surface area contributed by atoms with Crippen molar-refractivity contribution in [2.24, 2.45) is 5.92 Å². The lowest BCUT2D eigenvalue weighted by Crippen LogP contribution is -2.65. The average Bonchev–Trinajstić information content (AvgIpc) is 2.64. The molecule has 2 atom stereocenters. The van der Waals surface area contributed by atoms with Crippen LogP contribution in [0.3, 0.4) is 0 Å². The summed E-state index contributed by atoms with van der Waals surface area (Å²) in [5.74, 6) is -0.277. The van der Waals surface area contributed by atoms with E-state index in [1.807, 2.05) is 44.2 Å². The molecular formula is C16H16N2O2. The van der Waals surface area contributed by atoms with E-state index in [-0.39, 0.29) is 23.8 Å². The fourth-order valence-corrected chi connectivity index (χ4v) is 2.56. The smallest absolute Gasteiger partial charge is 0.273 e. The number of allylic oxidation sites excluding steroid dienone is 2. The van der Waals surface area contributed by atoms with Gasteiger partial charge < -0.3 is 0 Å². The van der Waals surface area contributed by atoms with Crippen LogP contribution in [0.1, 0.15) is 24.2 Å². The van der Waals surface area contributed by atoms with Gasteiger partial charge in [0.25, 0.3) is 5.91 Å². The first-order valence-corrected chi connectivity index (χ1v) is 6.68. The van der Waals surface area contributed by atoms with Crippen LogP contribution in [-0.2, 0) is 4.79 Å². The van der Waals surface area contributed by atoms with E-state index in [1.54, 1.807) is 18.3 Å². The molecule has 2 amide bonds. The number of hydrazine groups is 1. The van der Waals surface area contributed by atoms with Gasteiger partial charge in [-0.3, -0.25) is 9.59 Å². The third-order valence-electron chi connectivity index (χ3n) is 3.78. The Labute approximate surface area is 118 Å². The predicted molar refractivity (Wildman–Crippen MR) is 75.3 cm³/mol. The lowest BCUT2D eigenvalue weighted by atomic mass is 9.90. The van der Waals surface area contributed by atoms with E-state index in [9.17, 15) is 9.59 Å². The number of benzene rings is 1. The zero-order valence-electron chi connectivity index (χ0n) is 11.5. The van der Waals surface area contributed by atoms with Gasteiger partial charge in [-0.2, -0.15) is 0 Å². The molecule has 4 nitrogen and oxygen atoms in total. The first kappa shape index (κ1) is 12.7. The molecule has 0 bridgehead atoms. The lowest BCUT2D eigenvalue weighted by Gasteiger charge is -2.47. The molecule has 0 N–H and O–H groups in total. The van der Waals surface area contributed by atoms with Crippen molar-refractivity contribution < 1.29 is 9.59 Å². The van der Waals surface area contributed by atoms with E-state index in [2.05, 4.69) is 0 Å². The van der Waals surface area contributed by atoms with Gasteiger partial charge in [0.1, 0.15) is 0 Å². The highest BCUT2D eigenvalue weighted by molar-refractivity contribution is 5.98. The van der Waals surface area contributed by atoms with Crippen molar-refractivity contribution in [3.8, 4) is 0 Å². The Bertz CT molecular complexity index is 619. The second kappa shape index (κ2) is 4.63. The number of hydrogen-bond acceptors (Lipinski definition) is 2. The quantitative estimate of drug-likeness (QED) is 0.734. The molecule has 2 aliphatic rings. The molecular weight excluding hydrogens is 252 g/mol. The van der Waals surface area contributed by atoms with E-state index >= 15 is 0 Å². The molecule has 3 rings (SSSR count). The average molecular weight is 268 g/mol. The molecule has 1 aromatic rings. The SMILES string of the molecule is CC1=C[C@@H]2[C@@H](C)C(=O)N2N(C(=O)c2ccccc2)C=C1. The third-order valence-corrected chi connectivity index (χ3v) is 3.78. The minimum absolute atomic E-state index is 0.0186. The van der Waals surface area contributed by atoms with E-state index in [0.29, 0.717) is 5.56 Å². The molecule has 2 heterocycles. The maximum atomic E-state index is 12.6. The highest BCUT2D eigenvalue weighted by Gasteiger charge is 2.47. The molecule has 0 unspecified atom stereocenters. The van der Waals surface area contributed by atoms with Gasteiger partial charge in [-0.15, -0.1) is 0 Å². The standard InChI is InChI=1S/C16H16N2O2/c1-11-8-9-17(16(20)13-6-4-3-5-7-13)18-14(10-11)12(2)15(18)19/h3-10,12,14H,1-2H3/t12-,14-/m1/s1. The van der Waals surface area contributed by atoms with Gasteiger partial charge in [0.05, 0.1) is 12.0 Å². The summed E-state index contributed by atoms with van der Waals surface area (Å²) < 4.78 is 0. The summed E-state index contributed by atoms with van der Waals surface area (Å²) in [5.41, 5.74) is 1.63. The molecule has 1 saturated heterocycles. The van der Waals surface area contributed by atoms with E-state index in [0.717, 1.165) is 5.57 Å². The van der Waals surface area contributed by atoms with Crippen LogP contribution in [0.25, 0.3) is 0 Å². The minimum Gasteiger partial charge on any atom is -0.273 e. The van der Waals surface area contributed by atoms with Gasteiger partial charge in [-0.25, -0.2) is 10.0 Å². The van der Waals surface area contributed by atoms with Gasteiger partial charge in [-0.1, -0.05) is 36.8 Å². The number of hydrogen-bond donors (Lipinski definition) is 0. The lowest BCUT2D eigenvalue weighted by molar-refractivity contribution is -0.170. The van der Waals surface area contributed by atoms with Crippen molar-refractivity contribution in [2.75, 3.05) is 0 Å². The van der Waals surface area contributed by atoms with E-state index in [4.69, 9.17) is 0 Å². The molecule has 0 aliphatic carbocycles. The molecule has 20 heavy (non-hydrogen) atoms. The number of carbonyl (C=O) groups excluding carboxylic acids is 2. The molecule has 2 aliphatic heterocycles. The fraction of sp³-hybridized carbons (Fsp3) is 0.250. The Balaban J connectivity index is 1.95. The van der Waals surface area contributed by atoms with Crippen LogP contribution in [0.4, 0.5) is 0 Å². The molecule has 102 valence electrons. The van der Waals surface area contributed by atoms with Crippen molar-refractivity contribution in [2.45, 2.75) is 19.9 Å². The summed E-state index contributed by atoms with van der Waals surface area (Å²) in [6.45, 7) is 3.87. The first-order chi connectivity index (χ1) is 9.59. The number of fused-ring (bicyclic) bond motifs is 1. The summed E-state index contributed by atoms with van der Waals surface area (Å²) in [5, 5.41) is 2.96. The summed E-state index contributed by atoms with van der Waals surface area (Å²) in [6.07, 6.45) is 5.56. The zero-order chi connectivity index (χ0) is 14.3. The van der Waals surface area contributed by atoms with E-state index in [1.165, 1.54) is 10.0 Å². The second-order valence-corrected chi connectivity index (χ2v) is 5.20. The monoisotopic (exact) mass is 268 g/mol. The summed E-state index contributed by atoms with van der Waals surface area (Å²) >= 11 is 0. The summed E-state index contributed by atoms with van der Waals surface area (Å²) in [4.78, 5) is 24.6. The number of carbonyl (C=O) groups is 2. The van der Waals surface area contributed by atoms with Crippen molar-refractivity contribution >= 4 is 11.8 Å². The number of rotatable bonds is 1. The molecule has 0 saturated carbocycles. The molecule has 0 aromatic heterocycles. The Hall–Kier alpha value is -2.36. The number of nitrogens with zero attached hydrogens (tertiary/aromatic N) is 2. The molecule has 0 radical (unpaired) electrons. The molecule has 1 fully saturated rings. The second-order valence-electron chi connectivity index (χ2n) is 5.20. The van der Waals surface area contributed by atoms with Gasteiger partial charge >= 0.3 is 0 Å². The fourth-order valence-electron chi connectivity index (χ4n) is 2.56. The highest BCUT2D eigenvalue weighted by atomic mass is 16.2. The van der Waals surface area contributed by atoms with Crippen molar-refractivity contribution in [1.82, 2.24) is 10.0 Å². The van der Waals surface area contributed by atoms with Gasteiger partial charge in [-0.05, 0) is 25.1 Å². The Morgan fingerprint density at radius 3 is 2.60 bits per heavy atom. The minimum atomic E-state index is -0.185. The van der Waals surface area contributed by atoms with Gasteiger partial charge in [0.15, 0.2) is 0 Å². The Kier molecular flexibility index (Phi) is 2.93. The van der Waals surface area contributed by atoms with Crippen molar-refractivity contribution in [3.05, 3.63) is 59.8 Å². The van der Waals surface area contributed by atoms with E-state index < -0.39 is 0 Å². The maximum absolute atomic E-state index is 12.6. The highest BCUT2D eigenvalue weighted by Crippen LogP contribution is 2.33. The van der Waals surface area contributed by atoms with Gasteiger partial charge in [0.2, 0.25) is 5.91 Å². The largest absolute Gasteiger partial charge is 0.276 e. The van der Waals surface area contributed by atoms with Crippen LogP contribution >= 0.6 is 0 Å². The summed E-state index contributed by atoms with van der Waals surface area (Å²) in [7, 11) is 0. The number of amides is 2. The van der Waals surface area contributed by atoms with Crippen LogP contribution in [0.2, 0.25) is 0 Å². The first-order valence-electron chi connectivity index (χ1n) is 6.68. The van der Waals surface area contributed by atoms with Crippen LogP contribution in [0, 0.1) is 5.92 Å². The van der Waals surface area contributed by atoms with Crippen LogP contribution < -0.4 is 0 Å². The van der Waals surface area contributed by atoms with Gasteiger partial charge in [0, 0.05) is 11.8 Å². The van der Waals surface area contributed by atoms with Crippen molar-refractivity contribution in [3.63, 3.8) is 0 Å². The van der Waals surface area contributed by atoms with Crippen LogP contribution in [0.5, 0.6) is 0 Å². The predicted octanol–water partition coefficient (Wildman–Crippen LogP) is 2.36. The zero-order valence-corrected chi connectivity index (χ0v) is 11.5. The Morgan fingerprint density at radius 2 is 1.90 bits per heavy atom. The molecule has 0 spiro atoms. The maximum Gasteiger partial charge on any atom is 0.276 e. The topological polar surface area (TPSA) is 40.6 Å². The van der Waals surface area contributed by atoms with Crippen molar-refractivity contribution in [1.29, 1.82) is 0 Å². The summed E-state index contributed by atoms with van der Waals surface area (Å²) in [6, 6.07) is 8.96. The Morgan fingerprint density at radius 1 is 1.20 bits per heavy atom. The van der Waals surface area contributed by atoms with Crippen LogP contribution in [-0.4, -0.2) is 27.9 Å². The molecule has 1 aromatic carbocycles. The molecule has 4 heteroatoms. The number of β-lactam (4-membered cyclic amide) rings is 1. The third kappa shape index (κ3) is 1.84. The van der Waals surface area contributed by atoms with Crippen LogP contribution in [0.15, 0.2) is 54.3 Å². The normalized spacial score (nSPS) is 24.7.